The summed E-state index contributed by atoms with van der Waals surface area (Å²) >= 11 is 3.71. The molecule has 13 rings (SSSR count). The molecule has 0 saturated carbocycles. The molecular weight excluding hydrogens is 697 g/mol. The minimum atomic E-state index is 0.918. The Labute approximate surface area is 315 Å². The Morgan fingerprint density at radius 3 is 1.31 bits per heavy atom. The third-order valence-corrected chi connectivity index (χ3v) is 13.9. The van der Waals surface area contributed by atoms with Crippen LogP contribution in [-0.2, 0) is 0 Å². The van der Waals surface area contributed by atoms with Gasteiger partial charge in [0.1, 0.15) is 11.2 Å². The highest BCUT2D eigenvalue weighted by Gasteiger charge is 2.19. The van der Waals surface area contributed by atoms with Gasteiger partial charge in [-0.1, -0.05) is 72.8 Å². The minimum Gasteiger partial charge on any atom is -0.464 e. The highest BCUT2D eigenvalue weighted by molar-refractivity contribution is 7.26. The summed E-state index contributed by atoms with van der Waals surface area (Å²) in [6.45, 7) is 0. The van der Waals surface area contributed by atoms with Gasteiger partial charge in [0.15, 0.2) is 0 Å². The van der Waals surface area contributed by atoms with E-state index in [9.17, 15) is 0 Å². The summed E-state index contributed by atoms with van der Waals surface area (Å²) in [6, 6.07) is 54.0. The van der Waals surface area contributed by atoms with Gasteiger partial charge in [-0.3, -0.25) is 0 Å². The van der Waals surface area contributed by atoms with Crippen LogP contribution in [0.25, 0.3) is 128 Å². The van der Waals surface area contributed by atoms with Gasteiger partial charge in [0.05, 0.1) is 12.5 Å². The first kappa shape index (κ1) is 29.0. The summed E-state index contributed by atoms with van der Waals surface area (Å²) in [6.07, 6.45) is 3.63. The normalized spacial score (nSPS) is 12.4. The van der Waals surface area contributed by atoms with E-state index in [0.29, 0.717) is 0 Å². The fourth-order valence-corrected chi connectivity index (χ4v) is 11.3. The molecule has 0 saturated heterocycles. The summed E-state index contributed by atoms with van der Waals surface area (Å²) < 4.78 is 17.9. The highest BCUT2D eigenvalue weighted by Crippen LogP contribution is 2.46. The van der Waals surface area contributed by atoms with Crippen molar-refractivity contribution in [1.82, 2.24) is 0 Å². The van der Waals surface area contributed by atoms with E-state index >= 15 is 0 Å². The third-order valence-electron chi connectivity index (χ3n) is 11.6. The number of thiophene rings is 2. The second-order valence-corrected chi connectivity index (χ2v) is 16.6. The molecule has 0 spiro atoms. The van der Waals surface area contributed by atoms with Crippen LogP contribution in [0.1, 0.15) is 0 Å². The van der Waals surface area contributed by atoms with Gasteiger partial charge in [0.25, 0.3) is 0 Å². The molecule has 4 heteroatoms. The van der Waals surface area contributed by atoms with Crippen molar-refractivity contribution in [2.24, 2.45) is 0 Å². The van der Waals surface area contributed by atoms with Gasteiger partial charge < -0.3 is 8.83 Å². The predicted octanol–water partition coefficient (Wildman–Crippen LogP) is 15.9. The van der Waals surface area contributed by atoms with Gasteiger partial charge in [-0.15, -0.1) is 22.7 Å². The highest BCUT2D eigenvalue weighted by atomic mass is 32.1. The molecular formula is C50H26O2S2. The first-order valence-corrected chi connectivity index (χ1v) is 19.8. The molecule has 0 bridgehead atoms. The van der Waals surface area contributed by atoms with Crippen molar-refractivity contribution in [2.75, 3.05) is 0 Å². The topological polar surface area (TPSA) is 26.3 Å². The van der Waals surface area contributed by atoms with E-state index in [1.54, 1.807) is 0 Å². The molecule has 9 aromatic carbocycles. The van der Waals surface area contributed by atoms with Gasteiger partial charge >= 0.3 is 0 Å². The Bertz CT molecular complexity index is 3500. The van der Waals surface area contributed by atoms with Crippen LogP contribution >= 0.6 is 22.7 Å². The van der Waals surface area contributed by atoms with Crippen LogP contribution in [0.2, 0.25) is 0 Å². The van der Waals surface area contributed by atoms with Gasteiger partial charge in [-0.2, -0.15) is 0 Å². The number of rotatable bonds is 2. The van der Waals surface area contributed by atoms with Crippen molar-refractivity contribution in [1.29, 1.82) is 0 Å². The maximum Gasteiger partial charge on any atom is 0.142 e. The summed E-state index contributed by atoms with van der Waals surface area (Å²) in [7, 11) is 0. The summed E-state index contributed by atoms with van der Waals surface area (Å²) in [4.78, 5) is 0. The Hall–Kier alpha value is -6.46. The lowest BCUT2D eigenvalue weighted by molar-refractivity contribution is 0.619. The molecule has 0 radical (unpaired) electrons. The third kappa shape index (κ3) is 3.93. The van der Waals surface area contributed by atoms with Crippen molar-refractivity contribution in [2.45, 2.75) is 0 Å². The molecule has 13 aromatic rings. The van der Waals surface area contributed by atoms with E-state index in [4.69, 9.17) is 8.83 Å². The van der Waals surface area contributed by atoms with Crippen LogP contribution in [-0.4, -0.2) is 0 Å². The fourth-order valence-electron chi connectivity index (χ4n) is 9.09. The SMILES string of the molecule is c1ccc2c(c1)sc1ccc(-c3cc4cc5cc(-c6ccc7sc8ccccc8c7c6)c6ccc7ccoc7c6c5cc4c4c3ccc3ccoc34)cc12. The van der Waals surface area contributed by atoms with Crippen LogP contribution < -0.4 is 0 Å². The number of fused-ring (bicyclic) bond motifs is 16. The average Bonchev–Trinajstić information content (AvgIpc) is 4.03. The Balaban J connectivity index is 1.15. The largest absolute Gasteiger partial charge is 0.464 e. The molecule has 0 atom stereocenters. The van der Waals surface area contributed by atoms with Crippen LogP contribution in [0.15, 0.2) is 167 Å². The monoisotopic (exact) mass is 722 g/mol. The molecule has 0 N–H and O–H groups in total. The molecule has 0 amide bonds. The zero-order valence-corrected chi connectivity index (χ0v) is 30.3. The second-order valence-electron chi connectivity index (χ2n) is 14.4. The Morgan fingerprint density at radius 1 is 0.315 bits per heavy atom. The molecule has 250 valence electrons. The quantitative estimate of drug-likeness (QED) is 0.131. The van der Waals surface area contributed by atoms with Crippen molar-refractivity contribution < 1.29 is 8.83 Å². The molecule has 0 aliphatic heterocycles. The van der Waals surface area contributed by atoms with E-state index in [1.807, 2.05) is 35.2 Å². The van der Waals surface area contributed by atoms with Gasteiger partial charge in [0, 0.05) is 61.9 Å². The van der Waals surface area contributed by atoms with Gasteiger partial charge in [-0.25, -0.2) is 0 Å². The molecule has 54 heavy (non-hydrogen) atoms. The van der Waals surface area contributed by atoms with E-state index in [1.165, 1.54) is 94.9 Å². The molecule has 0 aliphatic rings. The fraction of sp³-hybridized carbons (Fsp3) is 0. The molecule has 0 aliphatic carbocycles. The van der Waals surface area contributed by atoms with E-state index in [2.05, 4.69) is 146 Å². The lowest BCUT2D eigenvalue weighted by Gasteiger charge is -2.16. The lowest BCUT2D eigenvalue weighted by Crippen LogP contribution is -1.89. The van der Waals surface area contributed by atoms with Crippen LogP contribution in [0.4, 0.5) is 0 Å². The maximum absolute atomic E-state index is 6.32. The van der Waals surface area contributed by atoms with E-state index in [0.717, 1.165) is 32.7 Å². The Kier molecular flexibility index (Phi) is 5.69. The standard InChI is InChI=1S/C50H26O2S2/c1-3-7-43-33(5-1)41-22-29(11-15-45(41)53-43)37-24-31-21-32-25-38(30-12-16-46-42(23-30)34-6-2-4-8-44(34)54-46)36-14-10-28-18-20-52-50(28)48(36)40(32)26-39(31)47-35(37)13-9-27-17-19-51-49(27)47/h1-26H. The smallest absolute Gasteiger partial charge is 0.142 e. The molecule has 0 fully saturated rings. The summed E-state index contributed by atoms with van der Waals surface area (Å²) in [5.74, 6) is 0. The van der Waals surface area contributed by atoms with Crippen LogP contribution in [0, 0.1) is 0 Å². The molecule has 2 nitrogen and oxygen atoms in total. The van der Waals surface area contributed by atoms with Crippen LogP contribution in [0.3, 0.4) is 0 Å². The second kappa shape index (κ2) is 10.6. The zero-order valence-electron chi connectivity index (χ0n) is 28.6. The van der Waals surface area contributed by atoms with Gasteiger partial charge in [-0.05, 0) is 127 Å². The molecule has 4 heterocycles. The van der Waals surface area contributed by atoms with Crippen molar-refractivity contribution in [3.05, 3.63) is 158 Å². The number of furan rings is 2. The first-order valence-electron chi connectivity index (χ1n) is 18.2. The van der Waals surface area contributed by atoms with Crippen molar-refractivity contribution in [3.63, 3.8) is 0 Å². The number of hydrogen-bond acceptors (Lipinski definition) is 4. The summed E-state index contributed by atoms with van der Waals surface area (Å²) in [5.41, 5.74) is 6.66. The lowest BCUT2D eigenvalue weighted by atomic mass is 9.87. The first-order chi connectivity index (χ1) is 26.7. The molecule has 4 aromatic heterocycles. The Morgan fingerprint density at radius 2 is 0.796 bits per heavy atom. The van der Waals surface area contributed by atoms with E-state index < -0.39 is 0 Å². The molecule has 0 unspecified atom stereocenters. The predicted molar refractivity (Wildman–Crippen MR) is 233 cm³/mol. The van der Waals surface area contributed by atoms with Crippen LogP contribution in [0.5, 0.6) is 0 Å². The van der Waals surface area contributed by atoms with Crippen molar-refractivity contribution >= 4 is 128 Å². The average molecular weight is 723 g/mol. The summed E-state index contributed by atoms with van der Waals surface area (Å²) in [5, 5.41) is 16.8. The number of benzene rings is 9. The minimum absolute atomic E-state index is 0.918. The van der Waals surface area contributed by atoms with E-state index in [-0.39, 0.29) is 0 Å². The zero-order chi connectivity index (χ0) is 35.1. The number of hydrogen-bond donors (Lipinski definition) is 0. The van der Waals surface area contributed by atoms with Gasteiger partial charge in [0.2, 0.25) is 0 Å². The van der Waals surface area contributed by atoms with Crippen molar-refractivity contribution in [3.8, 4) is 22.3 Å². The maximum atomic E-state index is 6.32.